The minimum atomic E-state index is -3.41. The minimum absolute atomic E-state index is 0. The molecule has 170 valence electrons. The first-order valence-electron chi connectivity index (χ1n) is 10.1. The molecule has 0 unspecified atom stereocenters. The van der Waals surface area contributed by atoms with E-state index in [0.29, 0.717) is 25.0 Å². The molecule has 2 aromatic carbocycles. The summed E-state index contributed by atoms with van der Waals surface area (Å²) in [4.78, 5) is 4.54. The standard InChI is InChI=1S/C22H30N4O3S.HI/c1-23-22(24-14-17-10-12-20(13-11-17)30(27,28)26(2)3)25-15-19-6-4-5-7-21(19)29-16-18-8-9-18;/h4-7,10-13,18H,8-9,14-16H2,1-3H3,(H2,23,24,25);1H. The van der Waals surface area contributed by atoms with Gasteiger partial charge in [0.2, 0.25) is 10.0 Å². The Balaban J connectivity index is 0.00000341. The van der Waals surface area contributed by atoms with Crippen LogP contribution in [-0.4, -0.2) is 46.4 Å². The molecule has 7 nitrogen and oxygen atoms in total. The first-order chi connectivity index (χ1) is 14.4. The second-order valence-electron chi connectivity index (χ2n) is 7.57. The van der Waals surface area contributed by atoms with Gasteiger partial charge in [0, 0.05) is 39.8 Å². The van der Waals surface area contributed by atoms with Gasteiger partial charge in [0.1, 0.15) is 5.75 Å². The maximum Gasteiger partial charge on any atom is 0.242 e. The van der Waals surface area contributed by atoms with E-state index in [1.807, 2.05) is 24.3 Å². The molecule has 9 heteroatoms. The molecule has 0 atom stereocenters. The van der Waals surface area contributed by atoms with Crippen LogP contribution in [0.2, 0.25) is 0 Å². The maximum absolute atomic E-state index is 12.2. The zero-order valence-electron chi connectivity index (χ0n) is 18.2. The Bertz CT molecular complexity index is 975. The van der Waals surface area contributed by atoms with Crippen molar-refractivity contribution in [1.29, 1.82) is 0 Å². The molecule has 0 aromatic heterocycles. The largest absolute Gasteiger partial charge is 0.493 e. The summed E-state index contributed by atoms with van der Waals surface area (Å²) in [6, 6.07) is 14.9. The fourth-order valence-corrected chi connectivity index (χ4v) is 3.76. The lowest BCUT2D eigenvalue weighted by Gasteiger charge is -2.15. The van der Waals surface area contributed by atoms with Gasteiger partial charge in [0.15, 0.2) is 5.96 Å². The normalized spacial score (nSPS) is 14.1. The summed E-state index contributed by atoms with van der Waals surface area (Å²) in [6.45, 7) is 1.91. The van der Waals surface area contributed by atoms with Crippen LogP contribution in [0.25, 0.3) is 0 Å². The highest BCUT2D eigenvalue weighted by atomic mass is 127. The van der Waals surface area contributed by atoms with Crippen LogP contribution in [0.5, 0.6) is 5.75 Å². The number of nitrogens with one attached hydrogen (secondary N) is 2. The molecule has 1 aliphatic rings. The van der Waals surface area contributed by atoms with E-state index in [4.69, 9.17) is 4.74 Å². The molecule has 0 aliphatic heterocycles. The lowest BCUT2D eigenvalue weighted by atomic mass is 10.2. The number of ether oxygens (including phenoxy) is 1. The molecule has 31 heavy (non-hydrogen) atoms. The van der Waals surface area contributed by atoms with Crippen molar-refractivity contribution in [2.45, 2.75) is 30.8 Å². The summed E-state index contributed by atoms with van der Waals surface area (Å²) in [5.41, 5.74) is 2.04. The van der Waals surface area contributed by atoms with Gasteiger partial charge >= 0.3 is 0 Å². The zero-order chi connectivity index (χ0) is 21.6. The van der Waals surface area contributed by atoms with E-state index in [1.54, 1.807) is 31.3 Å². The number of hydrogen-bond donors (Lipinski definition) is 2. The van der Waals surface area contributed by atoms with E-state index >= 15 is 0 Å². The van der Waals surface area contributed by atoms with E-state index < -0.39 is 10.0 Å². The third-order valence-electron chi connectivity index (χ3n) is 4.98. The van der Waals surface area contributed by atoms with Gasteiger partial charge in [-0.25, -0.2) is 12.7 Å². The Morgan fingerprint density at radius 1 is 1.06 bits per heavy atom. The van der Waals surface area contributed by atoms with Crippen LogP contribution < -0.4 is 15.4 Å². The van der Waals surface area contributed by atoms with Gasteiger partial charge in [-0.2, -0.15) is 0 Å². The molecule has 0 radical (unpaired) electrons. The topological polar surface area (TPSA) is 83.0 Å². The van der Waals surface area contributed by atoms with Crippen LogP contribution in [0.15, 0.2) is 58.4 Å². The third kappa shape index (κ3) is 7.36. The van der Waals surface area contributed by atoms with Crippen molar-refractivity contribution in [3.05, 3.63) is 59.7 Å². The number of nitrogens with zero attached hydrogens (tertiary/aromatic N) is 2. The van der Waals surface area contributed by atoms with Gasteiger partial charge in [-0.1, -0.05) is 30.3 Å². The molecule has 1 fully saturated rings. The molecule has 0 saturated heterocycles. The molecule has 2 N–H and O–H groups in total. The van der Waals surface area contributed by atoms with Crippen molar-refractivity contribution in [1.82, 2.24) is 14.9 Å². The molecular formula is C22H31IN4O3S. The van der Waals surface area contributed by atoms with Gasteiger partial charge in [0.05, 0.1) is 11.5 Å². The fourth-order valence-electron chi connectivity index (χ4n) is 2.86. The predicted octanol–water partition coefficient (Wildman–Crippen LogP) is 3.21. The summed E-state index contributed by atoms with van der Waals surface area (Å²) >= 11 is 0. The molecule has 3 rings (SSSR count). The Labute approximate surface area is 202 Å². The lowest BCUT2D eigenvalue weighted by Crippen LogP contribution is -2.36. The first-order valence-corrected chi connectivity index (χ1v) is 11.5. The molecule has 0 heterocycles. The number of hydrogen-bond acceptors (Lipinski definition) is 4. The number of aliphatic imine (C=N–C) groups is 1. The molecular weight excluding hydrogens is 527 g/mol. The highest BCUT2D eigenvalue weighted by molar-refractivity contribution is 14.0. The highest BCUT2D eigenvalue weighted by Gasteiger charge is 2.22. The van der Waals surface area contributed by atoms with Crippen LogP contribution in [0.1, 0.15) is 24.0 Å². The number of sulfonamides is 1. The number of para-hydroxylation sites is 1. The monoisotopic (exact) mass is 558 g/mol. The van der Waals surface area contributed by atoms with Gasteiger partial charge < -0.3 is 15.4 Å². The molecule has 0 bridgehead atoms. The Hall–Kier alpha value is -1.85. The van der Waals surface area contributed by atoms with Crippen molar-refractivity contribution in [3.8, 4) is 5.75 Å². The molecule has 0 amide bonds. The average Bonchev–Trinajstić information content (AvgIpc) is 3.58. The van der Waals surface area contributed by atoms with Crippen LogP contribution in [0.3, 0.4) is 0 Å². The van der Waals surface area contributed by atoms with Crippen molar-refractivity contribution < 1.29 is 13.2 Å². The fraction of sp³-hybridized carbons (Fsp3) is 0.409. The molecule has 0 spiro atoms. The van der Waals surface area contributed by atoms with E-state index in [0.717, 1.165) is 23.5 Å². The molecule has 2 aromatic rings. The van der Waals surface area contributed by atoms with Crippen LogP contribution in [0.4, 0.5) is 0 Å². The van der Waals surface area contributed by atoms with Crippen molar-refractivity contribution in [2.75, 3.05) is 27.7 Å². The summed E-state index contributed by atoms with van der Waals surface area (Å²) in [5, 5.41) is 6.56. The Morgan fingerprint density at radius 3 is 2.32 bits per heavy atom. The van der Waals surface area contributed by atoms with Crippen molar-refractivity contribution in [3.63, 3.8) is 0 Å². The third-order valence-corrected chi connectivity index (χ3v) is 6.81. The molecule has 1 aliphatic carbocycles. The van der Waals surface area contributed by atoms with E-state index in [2.05, 4.69) is 15.6 Å². The van der Waals surface area contributed by atoms with Crippen molar-refractivity contribution >= 4 is 40.0 Å². The van der Waals surface area contributed by atoms with Crippen LogP contribution >= 0.6 is 24.0 Å². The second kappa shape index (κ2) is 11.7. The molecule has 1 saturated carbocycles. The number of benzene rings is 2. The van der Waals surface area contributed by atoms with E-state index in [9.17, 15) is 8.42 Å². The van der Waals surface area contributed by atoms with Gasteiger partial charge in [-0.05, 0) is 42.5 Å². The predicted molar refractivity (Wildman–Crippen MR) is 134 cm³/mol. The first kappa shape index (κ1) is 25.4. The van der Waals surface area contributed by atoms with Crippen molar-refractivity contribution in [2.24, 2.45) is 10.9 Å². The maximum atomic E-state index is 12.2. The van der Waals surface area contributed by atoms with Gasteiger partial charge in [-0.3, -0.25) is 4.99 Å². The number of halogens is 1. The zero-order valence-corrected chi connectivity index (χ0v) is 21.3. The minimum Gasteiger partial charge on any atom is -0.493 e. The SMILES string of the molecule is CN=C(NCc1ccc(S(=O)(=O)N(C)C)cc1)NCc1ccccc1OCC1CC1.I. The van der Waals surface area contributed by atoms with Gasteiger partial charge in [0.25, 0.3) is 0 Å². The van der Waals surface area contributed by atoms with Crippen LogP contribution in [0, 0.1) is 5.92 Å². The summed E-state index contributed by atoms with van der Waals surface area (Å²) in [6.07, 6.45) is 2.53. The second-order valence-corrected chi connectivity index (χ2v) is 9.72. The highest BCUT2D eigenvalue weighted by Crippen LogP contribution is 2.30. The number of guanidine groups is 1. The summed E-state index contributed by atoms with van der Waals surface area (Å²) < 4.78 is 31.5. The lowest BCUT2D eigenvalue weighted by molar-refractivity contribution is 0.296. The van der Waals surface area contributed by atoms with E-state index in [-0.39, 0.29) is 28.9 Å². The Morgan fingerprint density at radius 2 is 1.71 bits per heavy atom. The average molecular weight is 558 g/mol. The summed E-state index contributed by atoms with van der Waals surface area (Å²) in [7, 11) is 1.35. The smallest absolute Gasteiger partial charge is 0.242 e. The quantitative estimate of drug-likeness (QED) is 0.281. The van der Waals surface area contributed by atoms with Crippen LogP contribution in [-0.2, 0) is 23.1 Å². The Kier molecular flexibility index (Phi) is 9.57. The number of rotatable bonds is 9. The van der Waals surface area contributed by atoms with Gasteiger partial charge in [-0.15, -0.1) is 24.0 Å². The van der Waals surface area contributed by atoms with E-state index in [1.165, 1.54) is 31.2 Å². The summed E-state index contributed by atoms with van der Waals surface area (Å²) in [5.74, 6) is 2.28.